The van der Waals surface area contributed by atoms with Gasteiger partial charge in [-0.2, -0.15) is 4.28 Å². The van der Waals surface area contributed by atoms with E-state index >= 15 is 0 Å². The summed E-state index contributed by atoms with van der Waals surface area (Å²) >= 11 is -1.93. The van der Waals surface area contributed by atoms with Crippen molar-refractivity contribution >= 4 is 22.9 Å². The fraction of sp³-hybridized carbons (Fsp3) is 0.0667. The summed E-state index contributed by atoms with van der Waals surface area (Å²) < 4.78 is 17.1. The van der Waals surface area contributed by atoms with Crippen molar-refractivity contribution < 1.29 is 18.1 Å². The molecule has 0 aromatic heterocycles. The molecule has 0 bridgehead atoms. The summed E-state index contributed by atoms with van der Waals surface area (Å²) in [5, 5.41) is 0.556. The van der Waals surface area contributed by atoms with Gasteiger partial charge in [0, 0.05) is 0 Å². The first kappa shape index (κ1) is 13.7. The normalized spacial score (nSPS) is 15.2. The minimum Gasteiger partial charge on any atom is -0.266 e. The van der Waals surface area contributed by atoms with Crippen LogP contribution >= 0.6 is 0 Å². The minimum atomic E-state index is -1.93. The van der Waals surface area contributed by atoms with Crippen LogP contribution in [0, 0.1) is 6.92 Å². The number of hydroxylamine groups is 2. The van der Waals surface area contributed by atoms with Crippen LogP contribution in [-0.4, -0.2) is 21.1 Å². The Morgan fingerprint density at radius 3 is 1.95 bits per heavy atom. The molecule has 6 heteroatoms. The number of aryl methyl sites for hydroxylation is 1. The quantitative estimate of drug-likeness (QED) is 0.816. The highest BCUT2D eigenvalue weighted by Gasteiger charge is 2.38. The molecule has 1 heterocycles. The van der Waals surface area contributed by atoms with Gasteiger partial charge in [0.15, 0.2) is 0 Å². The minimum absolute atomic E-state index is 0.253. The third kappa shape index (κ3) is 2.39. The topological polar surface area (TPSA) is 63.7 Å². The van der Waals surface area contributed by atoms with E-state index in [1.165, 1.54) is 12.1 Å². The molecule has 0 spiro atoms. The zero-order valence-corrected chi connectivity index (χ0v) is 11.9. The summed E-state index contributed by atoms with van der Waals surface area (Å²) in [6.07, 6.45) is 0. The molecule has 21 heavy (non-hydrogen) atoms. The van der Waals surface area contributed by atoms with E-state index in [1.807, 2.05) is 6.92 Å². The molecule has 1 aliphatic heterocycles. The largest absolute Gasteiger partial charge is 0.286 e. The van der Waals surface area contributed by atoms with E-state index in [0.717, 1.165) is 5.56 Å². The summed E-state index contributed by atoms with van der Waals surface area (Å²) in [6.45, 7) is 1.90. The predicted molar refractivity (Wildman–Crippen MR) is 75.6 cm³/mol. The number of carbonyl (C=O) groups is 2. The van der Waals surface area contributed by atoms with Crippen LogP contribution in [0.5, 0.6) is 0 Å². The fourth-order valence-corrected chi connectivity index (χ4v) is 2.71. The zero-order chi connectivity index (χ0) is 15.0. The number of nitrogens with zero attached hydrogens (tertiary/aromatic N) is 1. The van der Waals surface area contributed by atoms with Gasteiger partial charge in [-0.1, -0.05) is 29.8 Å². The van der Waals surface area contributed by atoms with E-state index in [1.54, 1.807) is 36.4 Å². The first-order valence-electron chi connectivity index (χ1n) is 6.22. The lowest BCUT2D eigenvalue weighted by Crippen LogP contribution is -2.30. The molecule has 5 nitrogen and oxygen atoms in total. The van der Waals surface area contributed by atoms with Crippen molar-refractivity contribution in [2.24, 2.45) is 0 Å². The van der Waals surface area contributed by atoms with Crippen molar-refractivity contribution in [1.29, 1.82) is 0 Å². The summed E-state index contributed by atoms with van der Waals surface area (Å²) in [5.74, 6) is -1.20. The highest BCUT2D eigenvalue weighted by atomic mass is 32.2. The standard InChI is InChI=1S/C15H11NO4S/c1-10-6-8-11(9-7-10)21(19)20-16-14(17)12-4-2-3-5-13(12)15(16)18/h2-9H,1H3. The van der Waals surface area contributed by atoms with E-state index in [9.17, 15) is 13.8 Å². The fourth-order valence-electron chi connectivity index (χ4n) is 1.99. The molecule has 3 rings (SSSR count). The van der Waals surface area contributed by atoms with E-state index in [4.69, 9.17) is 4.28 Å². The molecule has 1 aliphatic rings. The highest BCUT2D eigenvalue weighted by molar-refractivity contribution is 7.80. The number of hydrogen-bond donors (Lipinski definition) is 0. The molecule has 2 aromatic carbocycles. The monoisotopic (exact) mass is 301 g/mol. The van der Waals surface area contributed by atoms with E-state index < -0.39 is 22.9 Å². The molecule has 0 saturated heterocycles. The zero-order valence-electron chi connectivity index (χ0n) is 11.1. The maximum absolute atomic E-state index is 12.1. The van der Waals surface area contributed by atoms with Crippen LogP contribution in [0.15, 0.2) is 53.4 Å². The van der Waals surface area contributed by atoms with Gasteiger partial charge >= 0.3 is 0 Å². The van der Waals surface area contributed by atoms with Gasteiger partial charge in [-0.3, -0.25) is 9.59 Å². The van der Waals surface area contributed by atoms with Gasteiger partial charge in [0.2, 0.25) is 11.1 Å². The molecular weight excluding hydrogens is 290 g/mol. The van der Waals surface area contributed by atoms with E-state index in [-0.39, 0.29) is 11.1 Å². The Morgan fingerprint density at radius 2 is 1.43 bits per heavy atom. The van der Waals surface area contributed by atoms with Crippen molar-refractivity contribution in [3.05, 3.63) is 65.2 Å². The number of imide groups is 1. The summed E-state index contributed by atoms with van der Waals surface area (Å²) in [4.78, 5) is 24.5. The van der Waals surface area contributed by atoms with Crippen LogP contribution in [0.4, 0.5) is 0 Å². The Hall–Kier alpha value is -2.31. The molecule has 1 atom stereocenters. The van der Waals surface area contributed by atoms with Gasteiger partial charge < -0.3 is 0 Å². The number of hydrogen-bond acceptors (Lipinski definition) is 4. The van der Waals surface area contributed by atoms with Gasteiger partial charge in [-0.05, 0) is 31.2 Å². The van der Waals surface area contributed by atoms with Crippen molar-refractivity contribution in [3.8, 4) is 0 Å². The third-order valence-electron chi connectivity index (χ3n) is 3.11. The highest BCUT2D eigenvalue weighted by Crippen LogP contribution is 2.24. The van der Waals surface area contributed by atoms with E-state index in [0.29, 0.717) is 9.96 Å². The number of rotatable bonds is 3. The first-order chi connectivity index (χ1) is 10.1. The van der Waals surface area contributed by atoms with Crippen LogP contribution in [0.25, 0.3) is 0 Å². The predicted octanol–water partition coefficient (Wildman–Crippen LogP) is 2.25. The van der Waals surface area contributed by atoms with Crippen molar-refractivity contribution in [2.75, 3.05) is 0 Å². The lowest BCUT2D eigenvalue weighted by molar-refractivity contribution is -0.00634. The van der Waals surface area contributed by atoms with Gasteiger partial charge in [0.05, 0.1) is 16.0 Å². The summed E-state index contributed by atoms with van der Waals surface area (Å²) in [7, 11) is 0. The second-order valence-electron chi connectivity index (χ2n) is 4.57. The third-order valence-corrected chi connectivity index (χ3v) is 4.05. The average molecular weight is 301 g/mol. The molecule has 0 N–H and O–H groups in total. The van der Waals surface area contributed by atoms with Crippen LogP contribution < -0.4 is 0 Å². The Bertz CT molecular complexity index is 720. The van der Waals surface area contributed by atoms with Crippen LogP contribution in [-0.2, 0) is 15.4 Å². The van der Waals surface area contributed by atoms with Crippen molar-refractivity contribution in [2.45, 2.75) is 11.8 Å². The summed E-state index contributed by atoms with van der Waals surface area (Å²) in [6, 6.07) is 13.2. The Labute approximate surface area is 123 Å². The lowest BCUT2D eigenvalue weighted by Gasteiger charge is -2.11. The smallest absolute Gasteiger partial charge is 0.266 e. The SMILES string of the molecule is Cc1ccc(S(=O)ON2C(=O)c3ccccc3C2=O)cc1. The molecule has 1 unspecified atom stereocenters. The molecule has 106 valence electrons. The summed E-state index contributed by atoms with van der Waals surface area (Å²) in [5.41, 5.74) is 1.52. The van der Waals surface area contributed by atoms with Gasteiger partial charge in [0.25, 0.3) is 11.8 Å². The number of amides is 2. The molecule has 2 aromatic rings. The number of fused-ring (bicyclic) bond motifs is 1. The van der Waals surface area contributed by atoms with Gasteiger partial charge in [-0.25, -0.2) is 4.21 Å². The first-order valence-corrected chi connectivity index (χ1v) is 7.30. The van der Waals surface area contributed by atoms with Gasteiger partial charge in [0.1, 0.15) is 0 Å². The van der Waals surface area contributed by atoms with E-state index in [2.05, 4.69) is 0 Å². The van der Waals surface area contributed by atoms with Crippen LogP contribution in [0.3, 0.4) is 0 Å². The molecule has 0 saturated carbocycles. The number of benzene rings is 2. The van der Waals surface area contributed by atoms with Gasteiger partial charge in [-0.15, -0.1) is 5.06 Å². The Balaban J connectivity index is 1.84. The second kappa shape index (κ2) is 5.23. The molecular formula is C15H11NO4S. The molecule has 0 fully saturated rings. The molecule has 2 amide bonds. The maximum atomic E-state index is 12.1. The van der Waals surface area contributed by atoms with Crippen molar-refractivity contribution in [3.63, 3.8) is 0 Å². The average Bonchev–Trinajstić information content (AvgIpc) is 2.73. The lowest BCUT2D eigenvalue weighted by atomic mass is 10.1. The Morgan fingerprint density at radius 1 is 0.905 bits per heavy atom. The maximum Gasteiger partial charge on any atom is 0.286 e. The van der Waals surface area contributed by atoms with Crippen LogP contribution in [0.2, 0.25) is 0 Å². The molecule has 0 radical (unpaired) electrons. The second-order valence-corrected chi connectivity index (χ2v) is 5.66. The van der Waals surface area contributed by atoms with Crippen molar-refractivity contribution in [1.82, 2.24) is 5.06 Å². The van der Waals surface area contributed by atoms with Crippen LogP contribution in [0.1, 0.15) is 26.3 Å². The Kier molecular flexibility index (Phi) is 3.40. The molecule has 0 aliphatic carbocycles. The number of carbonyl (C=O) groups excluding carboxylic acids is 2.